The molecule has 0 aliphatic carbocycles. The van der Waals surface area contributed by atoms with Gasteiger partial charge in [-0.3, -0.25) is 9.59 Å². The average Bonchev–Trinajstić information content (AvgIpc) is 2.46. The summed E-state index contributed by atoms with van der Waals surface area (Å²) in [6.45, 7) is 6.92. The van der Waals surface area contributed by atoms with Crippen LogP contribution in [0.25, 0.3) is 0 Å². The van der Waals surface area contributed by atoms with Gasteiger partial charge in [0, 0.05) is 38.2 Å². The number of anilines is 1. The van der Waals surface area contributed by atoms with Crippen molar-refractivity contribution in [1.82, 2.24) is 4.90 Å². The molecule has 0 saturated heterocycles. The Morgan fingerprint density at radius 3 is 2.59 bits per heavy atom. The van der Waals surface area contributed by atoms with Crippen molar-refractivity contribution >= 4 is 17.5 Å². The Kier molecular flexibility index (Phi) is 7.43. The van der Waals surface area contributed by atoms with Gasteiger partial charge >= 0.3 is 0 Å². The van der Waals surface area contributed by atoms with Crippen molar-refractivity contribution in [3.8, 4) is 5.75 Å². The van der Waals surface area contributed by atoms with Gasteiger partial charge in [0.15, 0.2) is 0 Å². The zero-order chi connectivity index (χ0) is 16.5. The lowest BCUT2D eigenvalue weighted by atomic mass is 10.1. The quantitative estimate of drug-likeness (QED) is 0.803. The second kappa shape index (κ2) is 9.07. The van der Waals surface area contributed by atoms with Crippen molar-refractivity contribution < 1.29 is 14.3 Å². The third-order valence-corrected chi connectivity index (χ3v) is 3.38. The number of carbonyl (C=O) groups is 2. The second-order valence-corrected chi connectivity index (χ2v) is 5.72. The molecule has 0 saturated carbocycles. The minimum Gasteiger partial charge on any atom is -0.497 e. The minimum absolute atomic E-state index is 0.00910. The first-order valence-corrected chi connectivity index (χ1v) is 7.61. The van der Waals surface area contributed by atoms with Crippen molar-refractivity contribution in [2.75, 3.05) is 25.5 Å². The summed E-state index contributed by atoms with van der Waals surface area (Å²) in [6, 6.07) is 7.21. The lowest BCUT2D eigenvalue weighted by Crippen LogP contribution is -2.33. The van der Waals surface area contributed by atoms with Crippen molar-refractivity contribution in [3.63, 3.8) is 0 Å². The summed E-state index contributed by atoms with van der Waals surface area (Å²) in [5, 5.41) is 2.82. The Labute approximate surface area is 132 Å². The largest absolute Gasteiger partial charge is 0.497 e. The molecule has 0 atom stereocenters. The summed E-state index contributed by atoms with van der Waals surface area (Å²) in [6.07, 6.45) is 1.23. The van der Waals surface area contributed by atoms with E-state index in [-0.39, 0.29) is 18.2 Å². The molecule has 22 heavy (non-hydrogen) atoms. The Morgan fingerprint density at radius 2 is 2.00 bits per heavy atom. The fourth-order valence-electron chi connectivity index (χ4n) is 2.00. The van der Waals surface area contributed by atoms with Gasteiger partial charge in [-0.25, -0.2) is 0 Å². The van der Waals surface area contributed by atoms with E-state index in [9.17, 15) is 9.59 Å². The molecule has 0 unspecified atom stereocenters. The van der Waals surface area contributed by atoms with Crippen LogP contribution in [0.4, 0.5) is 5.69 Å². The van der Waals surface area contributed by atoms with E-state index in [4.69, 9.17) is 4.74 Å². The summed E-state index contributed by atoms with van der Waals surface area (Å²) in [5.74, 6) is 1.13. The molecule has 0 aliphatic heterocycles. The first kappa shape index (κ1) is 18.0. The molecule has 1 N–H and O–H groups in total. The molecule has 0 radical (unpaired) electrons. The SMILES string of the molecule is COc1cccc(NC(=O)CCN(CCC(C)C)C(C)=O)c1. The van der Waals surface area contributed by atoms with Crippen LogP contribution in [0.1, 0.15) is 33.6 Å². The van der Waals surface area contributed by atoms with E-state index >= 15 is 0 Å². The summed E-state index contributed by atoms with van der Waals surface area (Å²) in [7, 11) is 1.58. The van der Waals surface area contributed by atoms with Crippen LogP contribution in [-0.4, -0.2) is 36.9 Å². The third kappa shape index (κ3) is 6.61. The number of rotatable bonds is 8. The number of hydrogen-bond donors (Lipinski definition) is 1. The van der Waals surface area contributed by atoms with Gasteiger partial charge in [0.1, 0.15) is 5.75 Å². The number of carbonyl (C=O) groups excluding carboxylic acids is 2. The van der Waals surface area contributed by atoms with Gasteiger partial charge in [-0.05, 0) is 24.5 Å². The molecule has 0 heterocycles. The number of hydrogen-bond acceptors (Lipinski definition) is 3. The zero-order valence-corrected chi connectivity index (χ0v) is 13.9. The zero-order valence-electron chi connectivity index (χ0n) is 13.9. The summed E-state index contributed by atoms with van der Waals surface area (Å²) in [4.78, 5) is 25.3. The van der Waals surface area contributed by atoms with Gasteiger partial charge in [-0.15, -0.1) is 0 Å². The van der Waals surface area contributed by atoms with E-state index in [1.165, 1.54) is 0 Å². The highest BCUT2D eigenvalue weighted by molar-refractivity contribution is 5.91. The van der Waals surface area contributed by atoms with E-state index < -0.39 is 0 Å². The fourth-order valence-corrected chi connectivity index (χ4v) is 2.00. The van der Waals surface area contributed by atoms with Crippen molar-refractivity contribution in [1.29, 1.82) is 0 Å². The van der Waals surface area contributed by atoms with Crippen LogP contribution < -0.4 is 10.1 Å². The maximum Gasteiger partial charge on any atom is 0.226 e. The fraction of sp³-hybridized carbons (Fsp3) is 0.529. The van der Waals surface area contributed by atoms with Gasteiger partial charge in [0.2, 0.25) is 11.8 Å². The molecule has 0 aliphatic rings. The molecule has 5 nitrogen and oxygen atoms in total. The normalized spacial score (nSPS) is 10.4. The molecule has 0 spiro atoms. The first-order valence-electron chi connectivity index (χ1n) is 7.61. The van der Waals surface area contributed by atoms with Gasteiger partial charge in [-0.2, -0.15) is 0 Å². The van der Waals surface area contributed by atoms with Crippen LogP contribution in [-0.2, 0) is 9.59 Å². The summed E-state index contributed by atoms with van der Waals surface area (Å²) < 4.78 is 5.12. The van der Waals surface area contributed by atoms with Gasteiger partial charge < -0.3 is 15.0 Å². The van der Waals surface area contributed by atoms with E-state index in [2.05, 4.69) is 19.2 Å². The van der Waals surface area contributed by atoms with Crippen LogP contribution in [0.15, 0.2) is 24.3 Å². The van der Waals surface area contributed by atoms with Gasteiger partial charge in [0.25, 0.3) is 0 Å². The van der Waals surface area contributed by atoms with E-state index in [0.717, 1.165) is 6.42 Å². The maximum atomic E-state index is 12.0. The molecular formula is C17H26N2O3. The van der Waals surface area contributed by atoms with Crippen LogP contribution in [0.3, 0.4) is 0 Å². The average molecular weight is 306 g/mol. The van der Waals surface area contributed by atoms with Crippen molar-refractivity contribution in [2.45, 2.75) is 33.6 Å². The van der Waals surface area contributed by atoms with Crippen molar-refractivity contribution in [2.24, 2.45) is 5.92 Å². The van der Waals surface area contributed by atoms with Gasteiger partial charge in [0.05, 0.1) is 7.11 Å². The molecule has 0 fully saturated rings. The van der Waals surface area contributed by atoms with E-state index in [1.807, 2.05) is 18.2 Å². The highest BCUT2D eigenvalue weighted by Crippen LogP contribution is 2.16. The summed E-state index contributed by atoms with van der Waals surface area (Å²) >= 11 is 0. The molecule has 0 bridgehead atoms. The topological polar surface area (TPSA) is 58.6 Å². The number of benzene rings is 1. The lowest BCUT2D eigenvalue weighted by molar-refractivity contribution is -0.129. The number of nitrogens with zero attached hydrogens (tertiary/aromatic N) is 1. The van der Waals surface area contributed by atoms with Crippen LogP contribution in [0.5, 0.6) is 5.75 Å². The highest BCUT2D eigenvalue weighted by atomic mass is 16.5. The van der Waals surface area contributed by atoms with Crippen LogP contribution in [0, 0.1) is 5.92 Å². The Morgan fingerprint density at radius 1 is 1.27 bits per heavy atom. The van der Waals surface area contributed by atoms with Crippen LogP contribution in [0.2, 0.25) is 0 Å². The molecular weight excluding hydrogens is 280 g/mol. The van der Waals surface area contributed by atoms with Crippen LogP contribution >= 0.6 is 0 Å². The molecule has 1 aromatic carbocycles. The van der Waals surface area contributed by atoms with E-state index in [1.54, 1.807) is 25.0 Å². The molecule has 0 aromatic heterocycles. The second-order valence-electron chi connectivity index (χ2n) is 5.72. The molecule has 122 valence electrons. The minimum atomic E-state index is -0.107. The summed E-state index contributed by atoms with van der Waals surface area (Å²) in [5.41, 5.74) is 0.695. The maximum absolute atomic E-state index is 12.0. The highest BCUT2D eigenvalue weighted by Gasteiger charge is 2.12. The predicted molar refractivity (Wildman–Crippen MR) is 87.9 cm³/mol. The molecule has 5 heteroatoms. The first-order chi connectivity index (χ1) is 10.4. The Balaban J connectivity index is 2.47. The predicted octanol–water partition coefficient (Wildman–Crippen LogP) is 2.92. The molecule has 2 amide bonds. The Hall–Kier alpha value is -2.04. The third-order valence-electron chi connectivity index (χ3n) is 3.38. The number of amides is 2. The van der Waals surface area contributed by atoms with Gasteiger partial charge in [-0.1, -0.05) is 19.9 Å². The molecule has 1 rings (SSSR count). The standard InChI is InChI=1S/C17H26N2O3/c1-13(2)8-10-19(14(3)20)11-9-17(21)18-15-6-5-7-16(12-15)22-4/h5-7,12-13H,8-11H2,1-4H3,(H,18,21). The number of ether oxygens (including phenoxy) is 1. The molecule has 1 aromatic rings. The van der Waals surface area contributed by atoms with Crippen molar-refractivity contribution in [3.05, 3.63) is 24.3 Å². The number of methoxy groups -OCH3 is 1. The smallest absolute Gasteiger partial charge is 0.226 e. The Bertz CT molecular complexity index is 500. The lowest BCUT2D eigenvalue weighted by Gasteiger charge is -2.21. The monoisotopic (exact) mass is 306 g/mol. The number of nitrogens with one attached hydrogen (secondary N) is 1. The van der Waals surface area contributed by atoms with E-state index in [0.29, 0.717) is 30.4 Å².